The maximum atomic E-state index is 13.4. The molecule has 22 heavy (non-hydrogen) atoms. The maximum absolute atomic E-state index is 13.4. The third-order valence-electron chi connectivity index (χ3n) is 3.63. The molecule has 3 nitrogen and oxygen atoms in total. The number of benzene rings is 1. The quantitative estimate of drug-likeness (QED) is 0.864. The highest BCUT2D eigenvalue weighted by Crippen LogP contribution is 2.38. The fourth-order valence-corrected chi connectivity index (χ4v) is 2.61. The summed E-state index contributed by atoms with van der Waals surface area (Å²) in [4.78, 5) is 1.01. The Morgan fingerprint density at radius 3 is 2.00 bits per heavy atom. The lowest BCUT2D eigenvalue weighted by Crippen LogP contribution is -2.55. The van der Waals surface area contributed by atoms with Crippen molar-refractivity contribution < 1.29 is 22.3 Å². The minimum Gasteiger partial charge on any atom is -0.324 e. The van der Waals surface area contributed by atoms with E-state index >= 15 is 0 Å². The van der Waals surface area contributed by atoms with Gasteiger partial charge in [-0.1, -0.05) is 31.2 Å². The van der Waals surface area contributed by atoms with Crippen LogP contribution in [0.3, 0.4) is 0 Å². The van der Waals surface area contributed by atoms with E-state index in [1.54, 1.807) is 24.3 Å². The van der Waals surface area contributed by atoms with Gasteiger partial charge in [0.25, 0.3) is 0 Å². The van der Waals surface area contributed by atoms with Crippen molar-refractivity contribution in [1.29, 1.82) is 0 Å². The molecule has 0 aromatic heterocycles. The van der Waals surface area contributed by atoms with E-state index in [2.05, 4.69) is 11.7 Å². The Labute approximate surface area is 127 Å². The number of ether oxygens (including phenoxy) is 1. The van der Waals surface area contributed by atoms with Gasteiger partial charge in [0.2, 0.25) is 0 Å². The second-order valence-electron chi connectivity index (χ2n) is 5.54. The minimum atomic E-state index is -3.89. The van der Waals surface area contributed by atoms with E-state index in [0.717, 1.165) is 10.5 Å². The molecule has 0 aliphatic carbocycles. The Hall–Kier alpha value is -1.18. The van der Waals surface area contributed by atoms with Crippen molar-refractivity contribution in [1.82, 2.24) is 4.90 Å². The number of hydrogen-bond donors (Lipinski definition) is 1. The molecule has 1 saturated heterocycles. The molecule has 1 aromatic rings. The van der Waals surface area contributed by atoms with Crippen molar-refractivity contribution in [2.24, 2.45) is 5.73 Å². The molecule has 1 aliphatic rings. The third-order valence-corrected chi connectivity index (χ3v) is 3.63. The van der Waals surface area contributed by atoms with Crippen LogP contribution in [0.15, 0.2) is 24.3 Å². The number of halogens is 4. The van der Waals surface area contributed by atoms with E-state index in [9.17, 15) is 17.6 Å². The summed E-state index contributed by atoms with van der Waals surface area (Å²) in [5.41, 5.74) is 7.27. The topological polar surface area (TPSA) is 38.5 Å². The van der Waals surface area contributed by atoms with Crippen molar-refractivity contribution in [2.45, 2.75) is 37.6 Å². The van der Waals surface area contributed by atoms with Crippen molar-refractivity contribution in [3.63, 3.8) is 0 Å². The minimum absolute atomic E-state index is 0.163. The third kappa shape index (κ3) is 3.97. The van der Waals surface area contributed by atoms with Gasteiger partial charge in [-0.05, 0) is 24.5 Å². The molecular formula is C15H19F4N2O. The summed E-state index contributed by atoms with van der Waals surface area (Å²) >= 11 is 0. The van der Waals surface area contributed by atoms with Gasteiger partial charge < -0.3 is 5.73 Å². The predicted octanol–water partition coefficient (Wildman–Crippen LogP) is 3.49. The average molecular weight is 319 g/mol. The molecule has 0 unspecified atom stereocenters. The van der Waals surface area contributed by atoms with Crippen LogP contribution in [-0.4, -0.2) is 30.2 Å². The molecule has 0 saturated carbocycles. The summed E-state index contributed by atoms with van der Waals surface area (Å²) in [5.74, 6) is 0. The SMILES string of the molecule is [CH2]C[C@@H](c1ccc([C@H](C)N)cc1)N1CC(F)(F)OC(F)(F)C1. The molecule has 2 atom stereocenters. The standard InChI is InChI=1S/C15H19F4N2O/c1-3-13(12-6-4-11(5-7-12)10(2)20)21-8-14(16,17)22-15(18,19)9-21/h4-7,10,13H,1,3,8-9,20H2,2H3/t10-,13-/m0/s1. The van der Waals surface area contributed by atoms with Crippen LogP contribution in [0.5, 0.6) is 0 Å². The first-order valence-corrected chi connectivity index (χ1v) is 6.98. The molecule has 0 bridgehead atoms. The molecule has 0 amide bonds. The van der Waals surface area contributed by atoms with Crippen molar-refractivity contribution in [3.05, 3.63) is 42.3 Å². The molecule has 2 rings (SSSR count). The second kappa shape index (κ2) is 6.14. The molecule has 7 heteroatoms. The van der Waals surface area contributed by atoms with Crippen LogP contribution >= 0.6 is 0 Å². The summed E-state index contributed by atoms with van der Waals surface area (Å²) in [6.07, 6.45) is -7.59. The fourth-order valence-electron chi connectivity index (χ4n) is 2.61. The molecular weight excluding hydrogens is 300 g/mol. The van der Waals surface area contributed by atoms with Crippen molar-refractivity contribution in [2.75, 3.05) is 13.1 Å². The van der Waals surface area contributed by atoms with E-state index in [1.165, 1.54) is 0 Å². The van der Waals surface area contributed by atoms with Gasteiger partial charge in [-0.25, -0.2) is 0 Å². The van der Waals surface area contributed by atoms with E-state index < -0.39 is 31.3 Å². The molecule has 1 heterocycles. The summed E-state index contributed by atoms with van der Waals surface area (Å²) in [6.45, 7) is 3.73. The van der Waals surface area contributed by atoms with Crippen LogP contribution in [-0.2, 0) is 4.74 Å². The Morgan fingerprint density at radius 1 is 1.14 bits per heavy atom. The predicted molar refractivity (Wildman–Crippen MR) is 74.3 cm³/mol. The second-order valence-corrected chi connectivity index (χ2v) is 5.54. The number of nitrogens with two attached hydrogens (primary N) is 1. The van der Waals surface area contributed by atoms with E-state index in [-0.39, 0.29) is 12.5 Å². The zero-order valence-electron chi connectivity index (χ0n) is 12.2. The molecule has 2 N–H and O–H groups in total. The van der Waals surface area contributed by atoms with E-state index in [0.29, 0.717) is 5.56 Å². The normalized spacial score (nSPS) is 24.0. The lowest BCUT2D eigenvalue weighted by atomic mass is 9.99. The lowest BCUT2D eigenvalue weighted by molar-refractivity contribution is -0.407. The average Bonchev–Trinajstić information content (AvgIpc) is 2.36. The zero-order valence-corrected chi connectivity index (χ0v) is 12.2. The van der Waals surface area contributed by atoms with Crippen LogP contribution in [0.1, 0.15) is 36.6 Å². The van der Waals surface area contributed by atoms with Crippen LogP contribution in [0.4, 0.5) is 17.6 Å². The van der Waals surface area contributed by atoms with Gasteiger partial charge in [0.15, 0.2) is 0 Å². The van der Waals surface area contributed by atoms with Crippen molar-refractivity contribution >= 4 is 0 Å². The summed E-state index contributed by atoms with van der Waals surface area (Å²) in [7, 11) is 0. The highest BCUT2D eigenvalue weighted by molar-refractivity contribution is 5.27. The smallest absolute Gasteiger partial charge is 0.324 e. The van der Waals surface area contributed by atoms with Gasteiger partial charge in [-0.15, -0.1) is 0 Å². The Bertz CT molecular complexity index is 489. The molecule has 1 radical (unpaired) electrons. The van der Waals surface area contributed by atoms with Gasteiger partial charge in [-0.3, -0.25) is 9.64 Å². The van der Waals surface area contributed by atoms with Crippen LogP contribution in [0, 0.1) is 6.92 Å². The van der Waals surface area contributed by atoms with Gasteiger partial charge in [0, 0.05) is 12.1 Å². The highest BCUT2D eigenvalue weighted by Gasteiger charge is 2.52. The first-order valence-electron chi connectivity index (χ1n) is 6.98. The van der Waals surface area contributed by atoms with Crippen molar-refractivity contribution in [3.8, 4) is 0 Å². The highest BCUT2D eigenvalue weighted by atomic mass is 19.3. The number of alkyl halides is 4. The van der Waals surface area contributed by atoms with Gasteiger partial charge in [-0.2, -0.15) is 17.6 Å². The number of nitrogens with zero attached hydrogens (tertiary/aromatic N) is 1. The first-order chi connectivity index (χ1) is 10.1. The van der Waals surface area contributed by atoms with Crippen LogP contribution in [0.25, 0.3) is 0 Å². The summed E-state index contributed by atoms with van der Waals surface area (Å²) in [5, 5.41) is 0. The van der Waals surface area contributed by atoms with Gasteiger partial charge in [0.1, 0.15) is 0 Å². The zero-order chi connectivity index (χ0) is 16.5. The Balaban J connectivity index is 2.23. The summed E-state index contributed by atoms with van der Waals surface area (Å²) in [6, 6.07) is 6.14. The monoisotopic (exact) mass is 319 g/mol. The molecule has 123 valence electrons. The Kier molecular flexibility index (Phi) is 4.79. The van der Waals surface area contributed by atoms with Gasteiger partial charge in [0.05, 0.1) is 13.1 Å². The number of morpholine rings is 1. The first kappa shape index (κ1) is 17.2. The largest absolute Gasteiger partial charge is 0.372 e. The summed E-state index contributed by atoms with van der Waals surface area (Å²) < 4.78 is 56.9. The van der Waals surface area contributed by atoms with Crippen LogP contribution < -0.4 is 5.73 Å². The van der Waals surface area contributed by atoms with E-state index in [4.69, 9.17) is 5.73 Å². The number of hydrogen-bond acceptors (Lipinski definition) is 3. The van der Waals surface area contributed by atoms with Gasteiger partial charge >= 0.3 is 12.2 Å². The van der Waals surface area contributed by atoms with Crippen LogP contribution in [0.2, 0.25) is 0 Å². The van der Waals surface area contributed by atoms with E-state index in [1.807, 2.05) is 6.92 Å². The molecule has 1 aliphatic heterocycles. The molecule has 1 aromatic carbocycles. The fraction of sp³-hybridized carbons (Fsp3) is 0.533. The number of rotatable bonds is 4. The molecule has 1 fully saturated rings. The Morgan fingerprint density at radius 2 is 1.59 bits per heavy atom. The lowest BCUT2D eigenvalue weighted by Gasteiger charge is -2.41. The molecule has 0 spiro atoms. The maximum Gasteiger partial charge on any atom is 0.372 e.